The van der Waals surface area contributed by atoms with E-state index in [1.165, 1.54) is 39.8 Å². The van der Waals surface area contributed by atoms with Crippen LogP contribution < -0.4 is 19.5 Å². The molecule has 0 spiro atoms. The lowest BCUT2D eigenvalue weighted by Gasteiger charge is -2.34. The molecule has 3 aliphatic rings. The molecular weight excluding hydrogens is 941 g/mol. The van der Waals surface area contributed by atoms with Gasteiger partial charge in [0.2, 0.25) is 23.2 Å². The molecular formula is C56H54N2O15. The summed E-state index contributed by atoms with van der Waals surface area (Å²) >= 11 is 0. The van der Waals surface area contributed by atoms with Gasteiger partial charge in [0.25, 0.3) is 0 Å². The lowest BCUT2D eigenvalue weighted by atomic mass is 9.80. The van der Waals surface area contributed by atoms with Crippen LogP contribution in [-0.4, -0.2) is 110 Å². The topological polar surface area (TPSA) is 217 Å². The van der Waals surface area contributed by atoms with Gasteiger partial charge in [-0.05, 0) is 99.5 Å². The number of epoxide rings is 1. The van der Waals surface area contributed by atoms with E-state index in [9.17, 15) is 38.7 Å². The van der Waals surface area contributed by atoms with Gasteiger partial charge in [0.1, 0.15) is 43.5 Å². The fourth-order valence-electron chi connectivity index (χ4n) is 7.12. The molecule has 17 nitrogen and oxygen atoms in total. The number of rotatable bonds is 23. The van der Waals surface area contributed by atoms with E-state index in [2.05, 4.69) is 26.3 Å². The highest BCUT2D eigenvalue weighted by atomic mass is 16.6. The first kappa shape index (κ1) is 53.6. The number of benzene rings is 3. The van der Waals surface area contributed by atoms with Crippen molar-refractivity contribution < 1.29 is 76.4 Å². The average molecular weight is 995 g/mol. The van der Waals surface area contributed by atoms with Gasteiger partial charge in [-0.1, -0.05) is 44.2 Å². The van der Waals surface area contributed by atoms with Crippen LogP contribution in [0.1, 0.15) is 40.2 Å². The van der Waals surface area contributed by atoms with E-state index in [-0.39, 0.29) is 65.1 Å². The molecule has 2 aliphatic carbocycles. The molecule has 1 aliphatic heterocycles. The Balaban J connectivity index is 1.34. The van der Waals surface area contributed by atoms with Gasteiger partial charge in [-0.3, -0.25) is 9.59 Å². The maximum Gasteiger partial charge on any atom is 0.374 e. The zero-order chi connectivity index (χ0) is 53.1. The smallest absolute Gasteiger partial charge is 0.374 e. The summed E-state index contributed by atoms with van der Waals surface area (Å²) in [6.07, 6.45) is 6.37. The Bertz CT molecular complexity index is 2850. The first-order chi connectivity index (χ1) is 34.7. The summed E-state index contributed by atoms with van der Waals surface area (Å²) in [6.45, 7) is 21.4. The van der Waals surface area contributed by atoms with Crippen molar-refractivity contribution in [1.29, 1.82) is 0 Å². The lowest BCUT2D eigenvalue weighted by Crippen LogP contribution is -2.40. The summed E-state index contributed by atoms with van der Waals surface area (Å²) in [5.41, 5.74) is 3.13. The number of anilines is 2. The molecule has 0 amide bonds. The number of hydrogen-bond acceptors (Lipinski definition) is 16. The second kappa shape index (κ2) is 23.9. The fourth-order valence-corrected chi connectivity index (χ4v) is 7.12. The van der Waals surface area contributed by atoms with Crippen molar-refractivity contribution in [3.05, 3.63) is 168 Å². The molecule has 0 radical (unpaired) electrons. The predicted molar refractivity (Wildman–Crippen MR) is 266 cm³/mol. The summed E-state index contributed by atoms with van der Waals surface area (Å²) in [6, 6.07) is 18.2. The Morgan fingerprint density at radius 2 is 1.10 bits per heavy atom. The van der Waals surface area contributed by atoms with Gasteiger partial charge in [-0.25, -0.2) is 24.0 Å². The van der Waals surface area contributed by atoms with Crippen LogP contribution in [0.15, 0.2) is 163 Å². The molecule has 1 fully saturated rings. The predicted octanol–water partition coefficient (Wildman–Crippen LogP) is 6.17. The molecule has 378 valence electrons. The normalized spacial score (nSPS) is 14.8. The summed E-state index contributed by atoms with van der Waals surface area (Å²) in [7, 11) is 0. The van der Waals surface area contributed by atoms with Crippen LogP contribution in [0.5, 0.6) is 11.5 Å². The van der Waals surface area contributed by atoms with Crippen LogP contribution >= 0.6 is 0 Å². The van der Waals surface area contributed by atoms with E-state index in [1.54, 1.807) is 94.4 Å². The Kier molecular flexibility index (Phi) is 17.6. The summed E-state index contributed by atoms with van der Waals surface area (Å²) < 4.78 is 40.1. The van der Waals surface area contributed by atoms with Crippen LogP contribution in [0.2, 0.25) is 0 Å². The number of carbonyl (C=O) groups is 7. The summed E-state index contributed by atoms with van der Waals surface area (Å²) in [5.74, 6) is -4.87. The number of ether oxygens (including phenoxy) is 7. The number of ketones is 2. The molecule has 2 atom stereocenters. The lowest BCUT2D eigenvalue weighted by molar-refractivity contribution is -0.491. The minimum atomic E-state index is -1.12. The number of carbonyl (C=O) groups excluding carboxylic acids is 7. The maximum atomic E-state index is 13.9. The van der Waals surface area contributed by atoms with Crippen molar-refractivity contribution in [1.82, 2.24) is 0 Å². The second-order valence-electron chi connectivity index (χ2n) is 17.3. The third-order valence-electron chi connectivity index (χ3n) is 11.1. The van der Waals surface area contributed by atoms with Gasteiger partial charge in [0.05, 0.1) is 6.61 Å². The van der Waals surface area contributed by atoms with E-state index in [4.69, 9.17) is 33.2 Å². The van der Waals surface area contributed by atoms with Crippen molar-refractivity contribution in [3.63, 3.8) is 0 Å². The van der Waals surface area contributed by atoms with Crippen LogP contribution in [0.3, 0.4) is 0 Å². The van der Waals surface area contributed by atoms with Crippen molar-refractivity contribution in [2.45, 2.75) is 52.8 Å². The SMILES string of the molecule is C=C(C)C(=O)OCC(COC(=O)C(=C)C)N(c1ccc(OCC2CO2)cc1)c1ccc(C2=C([O-])C(=C3C=CC(=[N+](c4ccc(OC(=O)C(=C)C)cc4)C(COC(=O)C(=C)C)COC(=O)C(C)=O)C=C3)C2=O)cc1. The monoisotopic (exact) mass is 994 g/mol. The fraction of sp³-hybridized carbons (Fsp3) is 0.250. The molecule has 0 saturated carbocycles. The van der Waals surface area contributed by atoms with Gasteiger partial charge >= 0.3 is 29.8 Å². The Morgan fingerprint density at radius 3 is 1.56 bits per heavy atom. The Labute approximate surface area is 421 Å². The number of esters is 5. The molecule has 1 heterocycles. The minimum absolute atomic E-state index is 0.0361. The standard InChI is InChI=1S/C56H54N2O15/c1-32(2)52(62)69-26-43(27-70-53(63)33(3)4)57(41-18-22-45(23-19-41)67-30-47-31-68-47)39-14-10-37(11-15-39)48-50(60)49(51(48)61)38-12-16-40(17-13-38)58(42-20-24-46(25-21-42)73-55(65)35(7)8)44(28-71-54(64)34(5)6)29-72-56(66)36(9)59/h10-25,43-44,47H,1,3,5,7,26-31H2,2,4,6,8-9H3. The minimum Gasteiger partial charge on any atom is -0.871 e. The first-order valence-corrected chi connectivity index (χ1v) is 22.8. The van der Waals surface area contributed by atoms with Crippen molar-refractivity contribution >= 4 is 69.8 Å². The van der Waals surface area contributed by atoms with Gasteiger partial charge < -0.3 is 43.2 Å². The van der Waals surface area contributed by atoms with Crippen LogP contribution in [0.4, 0.5) is 17.1 Å². The summed E-state index contributed by atoms with van der Waals surface area (Å²) in [5, 5.41) is 13.9. The van der Waals surface area contributed by atoms with Crippen LogP contribution in [0, 0.1) is 0 Å². The number of Topliss-reactive ketones (excluding diaryl/α,β-unsaturated/α-hetero) is 2. The molecule has 3 aromatic carbocycles. The summed E-state index contributed by atoms with van der Waals surface area (Å²) in [4.78, 5) is 90.0. The highest BCUT2D eigenvalue weighted by Crippen LogP contribution is 2.39. The first-order valence-electron chi connectivity index (χ1n) is 22.8. The van der Waals surface area contributed by atoms with E-state index in [0.717, 1.165) is 6.92 Å². The molecule has 73 heavy (non-hydrogen) atoms. The highest BCUT2D eigenvalue weighted by Gasteiger charge is 2.34. The van der Waals surface area contributed by atoms with Gasteiger partial charge in [0.15, 0.2) is 19.0 Å². The average Bonchev–Trinajstić information content (AvgIpc) is 4.20. The molecule has 0 aromatic heterocycles. The van der Waals surface area contributed by atoms with E-state index < -0.39 is 65.9 Å². The Morgan fingerprint density at radius 1 is 0.630 bits per heavy atom. The van der Waals surface area contributed by atoms with E-state index in [0.29, 0.717) is 52.9 Å². The zero-order valence-electron chi connectivity index (χ0n) is 41.1. The second-order valence-corrected chi connectivity index (χ2v) is 17.3. The van der Waals surface area contributed by atoms with Crippen molar-refractivity contribution in [3.8, 4) is 11.5 Å². The third-order valence-corrected chi connectivity index (χ3v) is 11.1. The van der Waals surface area contributed by atoms with Gasteiger partial charge in [0, 0.05) is 76.0 Å². The molecule has 6 rings (SSSR count). The molecule has 1 saturated heterocycles. The molecule has 0 N–H and O–H groups in total. The van der Waals surface area contributed by atoms with Crippen molar-refractivity contribution in [2.75, 3.05) is 44.5 Å². The maximum absolute atomic E-state index is 13.9. The molecule has 2 unspecified atom stereocenters. The zero-order valence-corrected chi connectivity index (χ0v) is 41.1. The highest BCUT2D eigenvalue weighted by molar-refractivity contribution is 6.39. The molecule has 0 bridgehead atoms. The van der Waals surface area contributed by atoms with Crippen molar-refractivity contribution in [2.24, 2.45) is 0 Å². The van der Waals surface area contributed by atoms with Gasteiger partial charge in [-0.2, -0.15) is 4.58 Å². The largest absolute Gasteiger partial charge is 0.871 e. The number of nitrogens with zero attached hydrogens (tertiary/aromatic N) is 2. The number of allylic oxidation sites excluding steroid dienone is 7. The van der Waals surface area contributed by atoms with Gasteiger partial charge in [-0.15, -0.1) is 0 Å². The Hall–Kier alpha value is -8.70. The molecule has 3 aromatic rings. The van der Waals surface area contributed by atoms with Crippen LogP contribution in [-0.2, 0) is 57.2 Å². The van der Waals surface area contributed by atoms with Crippen LogP contribution in [0.25, 0.3) is 5.57 Å². The number of hydrogen-bond donors (Lipinski definition) is 0. The molecule has 17 heteroatoms. The third kappa shape index (κ3) is 13.8. The van der Waals surface area contributed by atoms with E-state index in [1.807, 2.05) is 0 Å². The van der Waals surface area contributed by atoms with E-state index >= 15 is 0 Å². The quantitative estimate of drug-likeness (QED) is 0.0197.